The van der Waals surface area contributed by atoms with Crippen LogP contribution in [-0.4, -0.2) is 34.9 Å². The summed E-state index contributed by atoms with van der Waals surface area (Å²) in [7, 11) is 0. The van der Waals surface area contributed by atoms with Gasteiger partial charge < -0.3 is 15.5 Å². The molecular formula is C53H105NO3. The van der Waals surface area contributed by atoms with Crippen LogP contribution in [0.5, 0.6) is 0 Å². The number of allylic oxidation sites excluding steroid dienone is 1. The molecule has 0 aliphatic heterocycles. The molecule has 57 heavy (non-hydrogen) atoms. The van der Waals surface area contributed by atoms with E-state index < -0.39 is 12.1 Å². The highest BCUT2D eigenvalue weighted by Crippen LogP contribution is 2.18. The maximum atomic E-state index is 12.4. The molecule has 0 aromatic heterocycles. The van der Waals surface area contributed by atoms with Gasteiger partial charge in [-0.1, -0.05) is 289 Å². The molecule has 2 atom stereocenters. The normalized spacial score (nSPS) is 12.8. The van der Waals surface area contributed by atoms with Gasteiger partial charge in [-0.05, 0) is 19.3 Å². The SMILES string of the molecule is CCCCCCCCCCC/C=C/[C@@H](O)[C@H](CO)NC(=O)CCCCCCCCCCCCCCCCCCCCCCCCCCCCCCCCCCCC. The summed E-state index contributed by atoms with van der Waals surface area (Å²) in [6, 6.07) is -0.616. The average molecular weight is 804 g/mol. The number of nitrogens with one attached hydrogen (secondary N) is 1. The Morgan fingerprint density at radius 3 is 0.912 bits per heavy atom. The van der Waals surface area contributed by atoms with Crippen molar-refractivity contribution in [1.82, 2.24) is 5.32 Å². The van der Waals surface area contributed by atoms with E-state index in [1.165, 1.54) is 257 Å². The Bertz CT molecular complexity index is 784. The second-order valence-electron chi connectivity index (χ2n) is 18.3. The molecule has 0 radical (unpaired) electrons. The Balaban J connectivity index is 3.35. The minimum Gasteiger partial charge on any atom is -0.394 e. The lowest BCUT2D eigenvalue weighted by Crippen LogP contribution is -2.45. The van der Waals surface area contributed by atoms with Crippen molar-refractivity contribution >= 4 is 5.91 Å². The smallest absolute Gasteiger partial charge is 0.220 e. The third-order valence-electron chi connectivity index (χ3n) is 12.5. The number of carbonyl (C=O) groups excluding carboxylic acids is 1. The summed E-state index contributed by atoms with van der Waals surface area (Å²) in [5, 5.41) is 23.0. The Morgan fingerprint density at radius 2 is 0.649 bits per heavy atom. The van der Waals surface area contributed by atoms with Gasteiger partial charge in [0.05, 0.1) is 18.8 Å². The molecule has 4 nitrogen and oxygen atoms in total. The molecular weight excluding hydrogens is 699 g/mol. The molecule has 0 aromatic rings. The van der Waals surface area contributed by atoms with Gasteiger partial charge in [-0.2, -0.15) is 0 Å². The van der Waals surface area contributed by atoms with Crippen LogP contribution in [0.4, 0.5) is 0 Å². The second kappa shape index (κ2) is 49.5. The Kier molecular flexibility index (Phi) is 48.7. The van der Waals surface area contributed by atoms with Crippen LogP contribution in [0.25, 0.3) is 0 Å². The van der Waals surface area contributed by atoms with E-state index in [1.54, 1.807) is 6.08 Å². The van der Waals surface area contributed by atoms with Gasteiger partial charge in [-0.3, -0.25) is 4.79 Å². The molecule has 0 fully saturated rings. The fourth-order valence-electron chi connectivity index (χ4n) is 8.48. The van der Waals surface area contributed by atoms with Crippen molar-refractivity contribution < 1.29 is 15.0 Å². The fourth-order valence-corrected chi connectivity index (χ4v) is 8.48. The monoisotopic (exact) mass is 804 g/mol. The fraction of sp³-hybridized carbons (Fsp3) is 0.943. The summed E-state index contributed by atoms with van der Waals surface area (Å²) in [4.78, 5) is 12.4. The molecule has 3 N–H and O–H groups in total. The van der Waals surface area contributed by atoms with Crippen LogP contribution >= 0.6 is 0 Å². The van der Waals surface area contributed by atoms with E-state index in [1.807, 2.05) is 6.08 Å². The van der Waals surface area contributed by atoms with Gasteiger partial charge >= 0.3 is 0 Å². The van der Waals surface area contributed by atoms with Gasteiger partial charge in [-0.25, -0.2) is 0 Å². The molecule has 0 bridgehead atoms. The molecule has 1 amide bonds. The maximum Gasteiger partial charge on any atom is 0.220 e. The highest BCUT2D eigenvalue weighted by molar-refractivity contribution is 5.76. The third-order valence-corrected chi connectivity index (χ3v) is 12.5. The zero-order valence-electron chi connectivity index (χ0n) is 39.1. The molecule has 0 saturated heterocycles. The largest absolute Gasteiger partial charge is 0.394 e. The average Bonchev–Trinajstić information content (AvgIpc) is 3.22. The van der Waals surface area contributed by atoms with Crippen molar-refractivity contribution in [1.29, 1.82) is 0 Å². The minimum atomic E-state index is -0.833. The number of hydrogen-bond donors (Lipinski definition) is 3. The Hall–Kier alpha value is -0.870. The molecule has 4 heteroatoms. The van der Waals surface area contributed by atoms with Gasteiger partial charge in [0.25, 0.3) is 0 Å². The van der Waals surface area contributed by atoms with Gasteiger partial charge in [0.15, 0.2) is 0 Å². The number of rotatable bonds is 49. The topological polar surface area (TPSA) is 69.6 Å². The van der Waals surface area contributed by atoms with E-state index in [4.69, 9.17) is 0 Å². The van der Waals surface area contributed by atoms with E-state index in [0.29, 0.717) is 6.42 Å². The van der Waals surface area contributed by atoms with Gasteiger partial charge in [0.2, 0.25) is 5.91 Å². The van der Waals surface area contributed by atoms with Crippen molar-refractivity contribution in [2.24, 2.45) is 0 Å². The molecule has 340 valence electrons. The molecule has 0 aliphatic rings. The number of amides is 1. The summed E-state index contributed by atoms with van der Waals surface area (Å²) in [5.41, 5.74) is 0. The molecule has 0 aromatic carbocycles. The van der Waals surface area contributed by atoms with Crippen LogP contribution in [0.3, 0.4) is 0 Å². The molecule has 0 saturated carbocycles. The lowest BCUT2D eigenvalue weighted by atomic mass is 10.0. The first-order valence-corrected chi connectivity index (χ1v) is 26.4. The zero-order chi connectivity index (χ0) is 41.4. The van der Waals surface area contributed by atoms with E-state index in [0.717, 1.165) is 25.7 Å². The van der Waals surface area contributed by atoms with E-state index in [-0.39, 0.29) is 12.5 Å². The predicted octanol–water partition coefficient (Wildman–Crippen LogP) is 17.0. The van der Waals surface area contributed by atoms with Gasteiger partial charge in [0, 0.05) is 6.42 Å². The lowest BCUT2D eigenvalue weighted by molar-refractivity contribution is -0.123. The number of unbranched alkanes of at least 4 members (excludes halogenated alkanes) is 42. The van der Waals surface area contributed by atoms with Crippen LogP contribution in [0.1, 0.15) is 303 Å². The highest BCUT2D eigenvalue weighted by Gasteiger charge is 2.18. The van der Waals surface area contributed by atoms with Crippen molar-refractivity contribution in [2.75, 3.05) is 6.61 Å². The van der Waals surface area contributed by atoms with Crippen LogP contribution in [0.15, 0.2) is 12.2 Å². The number of carbonyl (C=O) groups is 1. The quantitative estimate of drug-likeness (QED) is 0.0424. The van der Waals surface area contributed by atoms with Crippen molar-refractivity contribution in [3.05, 3.63) is 12.2 Å². The van der Waals surface area contributed by atoms with Gasteiger partial charge in [0.1, 0.15) is 0 Å². The number of hydrogen-bond acceptors (Lipinski definition) is 3. The van der Waals surface area contributed by atoms with Crippen molar-refractivity contribution in [2.45, 2.75) is 315 Å². The Labute approximate surface area is 358 Å². The summed E-state index contributed by atoms with van der Waals surface area (Å²) < 4.78 is 0. The molecule has 0 heterocycles. The summed E-state index contributed by atoms with van der Waals surface area (Å²) in [6.07, 6.45) is 63.8. The highest BCUT2D eigenvalue weighted by atomic mass is 16.3. The van der Waals surface area contributed by atoms with Crippen molar-refractivity contribution in [3.63, 3.8) is 0 Å². The molecule has 0 aliphatic carbocycles. The number of aliphatic hydroxyl groups excluding tert-OH is 2. The Morgan fingerprint density at radius 1 is 0.404 bits per heavy atom. The minimum absolute atomic E-state index is 0.0590. The lowest BCUT2D eigenvalue weighted by Gasteiger charge is -2.20. The standard InChI is InChI=1S/C53H105NO3/c1-3-5-7-9-11-13-15-16-17-18-19-20-21-22-23-24-25-26-27-28-29-30-31-32-33-34-35-36-37-39-41-43-45-47-49-53(57)54-51(50-55)52(56)48-46-44-42-40-38-14-12-10-8-6-4-2/h46,48,51-52,55-56H,3-45,47,49-50H2,1-2H3,(H,54,57)/b48-46+/t51-,52+/m0/s1. The van der Waals surface area contributed by atoms with E-state index in [9.17, 15) is 15.0 Å². The van der Waals surface area contributed by atoms with Gasteiger partial charge in [-0.15, -0.1) is 0 Å². The van der Waals surface area contributed by atoms with Crippen molar-refractivity contribution in [3.8, 4) is 0 Å². The summed E-state index contributed by atoms with van der Waals surface area (Å²) in [6.45, 7) is 4.32. The van der Waals surface area contributed by atoms with E-state index >= 15 is 0 Å². The van der Waals surface area contributed by atoms with Crippen LogP contribution in [0, 0.1) is 0 Å². The zero-order valence-corrected chi connectivity index (χ0v) is 39.1. The summed E-state index contributed by atoms with van der Waals surface area (Å²) in [5.74, 6) is -0.0590. The molecule has 0 spiro atoms. The molecule has 0 rings (SSSR count). The first-order valence-electron chi connectivity index (χ1n) is 26.4. The molecule has 0 unspecified atom stereocenters. The van der Waals surface area contributed by atoms with Crippen LogP contribution < -0.4 is 5.32 Å². The predicted molar refractivity (Wildman–Crippen MR) is 253 cm³/mol. The first kappa shape index (κ1) is 56.1. The summed E-state index contributed by atoms with van der Waals surface area (Å²) >= 11 is 0. The first-order chi connectivity index (χ1) is 28.2. The maximum absolute atomic E-state index is 12.4. The van der Waals surface area contributed by atoms with Crippen LogP contribution in [0.2, 0.25) is 0 Å². The second-order valence-corrected chi connectivity index (χ2v) is 18.3. The number of aliphatic hydroxyl groups is 2. The third kappa shape index (κ3) is 46.1. The van der Waals surface area contributed by atoms with Crippen LogP contribution in [-0.2, 0) is 4.79 Å². The van der Waals surface area contributed by atoms with E-state index in [2.05, 4.69) is 19.2 Å².